The minimum Gasteiger partial charge on any atom is -0.314 e. The molecule has 1 aliphatic rings. The van der Waals surface area contributed by atoms with Gasteiger partial charge in [-0.2, -0.15) is 5.10 Å². The van der Waals surface area contributed by atoms with E-state index < -0.39 is 0 Å². The lowest BCUT2D eigenvalue weighted by molar-refractivity contribution is 0.185. The number of hydrogen-bond acceptors (Lipinski definition) is 3. The molecule has 1 saturated carbocycles. The second-order valence-corrected chi connectivity index (χ2v) is 6.32. The molecule has 4 heteroatoms. The minimum absolute atomic E-state index is 0.722. The van der Waals surface area contributed by atoms with Crippen LogP contribution in [0.5, 0.6) is 0 Å². The Morgan fingerprint density at radius 1 is 1.40 bits per heavy atom. The van der Waals surface area contributed by atoms with E-state index in [0.717, 1.165) is 25.0 Å². The molecule has 0 spiro atoms. The van der Waals surface area contributed by atoms with Gasteiger partial charge < -0.3 is 10.2 Å². The van der Waals surface area contributed by atoms with E-state index in [0.29, 0.717) is 0 Å². The van der Waals surface area contributed by atoms with Gasteiger partial charge in [0, 0.05) is 37.9 Å². The van der Waals surface area contributed by atoms with Crippen molar-refractivity contribution in [3.8, 4) is 0 Å². The number of hydrogen-bond donors (Lipinski definition) is 1. The third kappa shape index (κ3) is 4.60. The van der Waals surface area contributed by atoms with Crippen molar-refractivity contribution in [1.29, 1.82) is 0 Å². The monoisotopic (exact) mass is 278 g/mol. The van der Waals surface area contributed by atoms with Crippen molar-refractivity contribution in [2.45, 2.75) is 51.6 Å². The van der Waals surface area contributed by atoms with E-state index in [4.69, 9.17) is 0 Å². The van der Waals surface area contributed by atoms with Crippen molar-refractivity contribution in [3.63, 3.8) is 0 Å². The summed E-state index contributed by atoms with van der Waals surface area (Å²) in [5, 5.41) is 8.00. The summed E-state index contributed by atoms with van der Waals surface area (Å²) < 4.78 is 1.88. The Hall–Kier alpha value is -0.870. The number of aromatic nitrogens is 2. The third-order valence-corrected chi connectivity index (χ3v) is 4.32. The Morgan fingerprint density at radius 2 is 2.20 bits per heavy atom. The average molecular weight is 278 g/mol. The van der Waals surface area contributed by atoms with Gasteiger partial charge in [-0.15, -0.1) is 0 Å². The van der Waals surface area contributed by atoms with Gasteiger partial charge in [-0.05, 0) is 38.8 Å². The van der Waals surface area contributed by atoms with E-state index >= 15 is 0 Å². The van der Waals surface area contributed by atoms with Gasteiger partial charge in [0.15, 0.2) is 0 Å². The molecule has 1 fully saturated rings. The third-order valence-electron chi connectivity index (χ3n) is 4.32. The summed E-state index contributed by atoms with van der Waals surface area (Å²) in [7, 11) is 4.22. The number of nitrogens with zero attached hydrogens (tertiary/aromatic N) is 3. The molecule has 0 aliphatic heterocycles. The zero-order valence-corrected chi connectivity index (χ0v) is 13.3. The minimum atomic E-state index is 0.722. The molecule has 20 heavy (non-hydrogen) atoms. The largest absolute Gasteiger partial charge is 0.314 e. The number of aryl methyl sites for hydroxylation is 1. The molecule has 1 aromatic rings. The number of nitrogens with one attached hydrogen (secondary N) is 1. The summed E-state index contributed by atoms with van der Waals surface area (Å²) in [5.74, 6) is 0.803. The molecule has 1 aliphatic carbocycles. The highest BCUT2D eigenvalue weighted by atomic mass is 15.2. The Kier molecular flexibility index (Phi) is 6.05. The van der Waals surface area contributed by atoms with Crippen LogP contribution in [0.25, 0.3) is 0 Å². The molecule has 0 bridgehead atoms. The fraction of sp³-hybridized carbons (Fsp3) is 0.812. The van der Waals surface area contributed by atoms with Crippen molar-refractivity contribution < 1.29 is 0 Å². The van der Waals surface area contributed by atoms with E-state index in [1.807, 2.05) is 17.9 Å². The summed E-state index contributed by atoms with van der Waals surface area (Å²) >= 11 is 0. The van der Waals surface area contributed by atoms with Gasteiger partial charge in [0.05, 0.1) is 6.20 Å². The van der Waals surface area contributed by atoms with Gasteiger partial charge >= 0.3 is 0 Å². The quantitative estimate of drug-likeness (QED) is 0.831. The van der Waals surface area contributed by atoms with Gasteiger partial charge in [0.1, 0.15) is 0 Å². The molecule has 114 valence electrons. The van der Waals surface area contributed by atoms with Crippen molar-refractivity contribution in [2.24, 2.45) is 13.0 Å². The van der Waals surface area contributed by atoms with Crippen LogP contribution in [0.4, 0.5) is 0 Å². The lowest BCUT2D eigenvalue weighted by Crippen LogP contribution is -2.43. The standard InChI is InChI=1S/C16H30N4/c1-4-9-17-16-8-6-5-7-15(16)13-19(2)11-14-10-18-20(3)12-14/h10,12,15-17H,4-9,11,13H2,1-3H3. The first kappa shape index (κ1) is 15.5. The zero-order chi connectivity index (χ0) is 14.4. The van der Waals surface area contributed by atoms with Gasteiger partial charge in [0.25, 0.3) is 0 Å². The molecule has 1 N–H and O–H groups in total. The summed E-state index contributed by atoms with van der Waals surface area (Å²) in [6, 6.07) is 0.722. The van der Waals surface area contributed by atoms with Crippen molar-refractivity contribution >= 4 is 0 Å². The topological polar surface area (TPSA) is 33.1 Å². The summed E-state index contributed by atoms with van der Waals surface area (Å²) in [4.78, 5) is 2.45. The van der Waals surface area contributed by atoms with Crippen molar-refractivity contribution in [2.75, 3.05) is 20.1 Å². The highest BCUT2D eigenvalue weighted by molar-refractivity contribution is 5.03. The van der Waals surface area contributed by atoms with Crippen LogP contribution in [0, 0.1) is 5.92 Å². The molecule has 2 rings (SSSR count). The molecule has 4 nitrogen and oxygen atoms in total. The maximum atomic E-state index is 4.25. The Morgan fingerprint density at radius 3 is 2.90 bits per heavy atom. The first-order valence-corrected chi connectivity index (χ1v) is 8.08. The second kappa shape index (κ2) is 7.79. The molecule has 0 saturated heterocycles. The zero-order valence-electron chi connectivity index (χ0n) is 13.3. The second-order valence-electron chi connectivity index (χ2n) is 6.32. The van der Waals surface area contributed by atoms with Crippen LogP contribution in [0.15, 0.2) is 12.4 Å². The van der Waals surface area contributed by atoms with Crippen LogP contribution >= 0.6 is 0 Å². The predicted octanol–water partition coefficient (Wildman–Crippen LogP) is 2.41. The molecular weight excluding hydrogens is 248 g/mol. The van der Waals surface area contributed by atoms with E-state index in [9.17, 15) is 0 Å². The molecule has 0 aromatic carbocycles. The summed E-state index contributed by atoms with van der Waals surface area (Å²) in [5.41, 5.74) is 1.31. The Labute approximate surface area is 123 Å². The normalized spacial score (nSPS) is 23.4. The van der Waals surface area contributed by atoms with Crippen LogP contribution in [-0.4, -0.2) is 40.9 Å². The van der Waals surface area contributed by atoms with Gasteiger partial charge in [-0.1, -0.05) is 19.8 Å². The summed E-state index contributed by atoms with van der Waals surface area (Å²) in [6.45, 7) is 5.61. The van der Waals surface area contributed by atoms with Gasteiger partial charge in [-0.3, -0.25) is 4.68 Å². The van der Waals surface area contributed by atoms with Crippen molar-refractivity contribution in [1.82, 2.24) is 20.0 Å². The fourth-order valence-corrected chi connectivity index (χ4v) is 3.35. The molecule has 1 heterocycles. The lowest BCUT2D eigenvalue weighted by atomic mass is 9.84. The van der Waals surface area contributed by atoms with Gasteiger partial charge in [-0.25, -0.2) is 0 Å². The molecule has 2 atom stereocenters. The molecule has 2 unspecified atom stereocenters. The van der Waals surface area contributed by atoms with E-state index in [2.05, 4.69) is 35.5 Å². The smallest absolute Gasteiger partial charge is 0.0534 e. The van der Waals surface area contributed by atoms with Crippen LogP contribution in [0.1, 0.15) is 44.6 Å². The predicted molar refractivity (Wildman–Crippen MR) is 83.6 cm³/mol. The lowest BCUT2D eigenvalue weighted by Gasteiger charge is -2.35. The molecule has 0 radical (unpaired) electrons. The maximum absolute atomic E-state index is 4.25. The maximum Gasteiger partial charge on any atom is 0.0534 e. The number of rotatable bonds is 7. The van der Waals surface area contributed by atoms with Gasteiger partial charge in [0.2, 0.25) is 0 Å². The summed E-state index contributed by atoms with van der Waals surface area (Å²) in [6.07, 6.45) is 10.8. The van der Waals surface area contributed by atoms with E-state index in [1.165, 1.54) is 44.2 Å². The van der Waals surface area contributed by atoms with E-state index in [1.54, 1.807) is 0 Å². The SMILES string of the molecule is CCCNC1CCCCC1CN(C)Cc1cnn(C)c1. The van der Waals surface area contributed by atoms with Crippen LogP contribution < -0.4 is 5.32 Å². The Bertz CT molecular complexity index is 388. The average Bonchev–Trinajstić information content (AvgIpc) is 2.83. The van der Waals surface area contributed by atoms with Crippen LogP contribution in [0.2, 0.25) is 0 Å². The highest BCUT2D eigenvalue weighted by Crippen LogP contribution is 2.25. The van der Waals surface area contributed by atoms with Crippen LogP contribution in [0.3, 0.4) is 0 Å². The van der Waals surface area contributed by atoms with E-state index in [-0.39, 0.29) is 0 Å². The molecule has 1 aromatic heterocycles. The fourth-order valence-electron chi connectivity index (χ4n) is 3.35. The molecular formula is C16H30N4. The molecule has 0 amide bonds. The van der Waals surface area contributed by atoms with Crippen molar-refractivity contribution in [3.05, 3.63) is 18.0 Å². The first-order chi connectivity index (χ1) is 9.69. The highest BCUT2D eigenvalue weighted by Gasteiger charge is 2.25. The Balaban J connectivity index is 1.82. The first-order valence-electron chi connectivity index (χ1n) is 8.08. The van der Waals surface area contributed by atoms with Crippen LogP contribution in [-0.2, 0) is 13.6 Å².